The topological polar surface area (TPSA) is 62.2 Å². The number of aromatic nitrogens is 3. The van der Waals surface area contributed by atoms with Gasteiger partial charge in [-0.2, -0.15) is 30.0 Å². The molecule has 6 nitrogen and oxygen atoms in total. The van der Waals surface area contributed by atoms with Crippen molar-refractivity contribution in [1.29, 1.82) is 0 Å². The second-order valence-electron chi connectivity index (χ2n) is 5.25. The molecule has 26 heavy (non-hydrogen) atoms. The van der Waals surface area contributed by atoms with E-state index < -0.39 is 11.9 Å². The number of alkyl halides is 3. The molecular weight excluding hydrogens is 393 g/mol. The maximum atomic E-state index is 12.3. The predicted octanol–water partition coefficient (Wildman–Crippen LogP) is 3.09. The summed E-state index contributed by atoms with van der Waals surface area (Å²) in [5.41, 5.74) is 0.876. The fourth-order valence-electron chi connectivity index (χ4n) is 2.21. The van der Waals surface area contributed by atoms with Crippen LogP contribution in [-0.4, -0.2) is 45.1 Å². The second-order valence-corrected chi connectivity index (χ2v) is 6.71. The van der Waals surface area contributed by atoms with E-state index in [1.165, 1.54) is 28.2 Å². The van der Waals surface area contributed by atoms with Crippen LogP contribution in [0.1, 0.15) is 13.3 Å². The lowest BCUT2D eigenvalue weighted by molar-refractivity contribution is -0.904. The van der Waals surface area contributed by atoms with E-state index in [9.17, 15) is 23.2 Å². The fourth-order valence-corrected chi connectivity index (χ4v) is 3.13. The molecule has 0 saturated heterocycles. The summed E-state index contributed by atoms with van der Waals surface area (Å²) in [6, 6.07) is 3.29. The van der Waals surface area contributed by atoms with Crippen LogP contribution in [0.5, 0.6) is 0 Å². The van der Waals surface area contributed by atoms with E-state index in [1.54, 1.807) is 19.1 Å². The van der Waals surface area contributed by atoms with Gasteiger partial charge in [0.05, 0.1) is 11.9 Å². The summed E-state index contributed by atoms with van der Waals surface area (Å²) in [6.45, 7) is 2.03. The van der Waals surface area contributed by atoms with Crippen molar-refractivity contribution < 1.29 is 27.9 Å². The zero-order valence-corrected chi connectivity index (χ0v) is 15.4. The Bertz CT molecular complexity index is 770. The van der Waals surface area contributed by atoms with E-state index in [2.05, 4.69) is 5.10 Å². The number of carbonyl (C=O) groups is 1. The molecule has 0 aromatic carbocycles. The van der Waals surface area contributed by atoms with Gasteiger partial charge >= 0.3 is 6.18 Å². The molecule has 0 aliphatic rings. The number of hydrogen-bond acceptors (Lipinski definition) is 4. The Hall–Kier alpha value is -1.94. The number of pyridine rings is 1. The number of nitrogens with zero attached hydrogens (tertiary/aromatic N) is 4. The highest BCUT2D eigenvalue weighted by Gasteiger charge is 2.27. The maximum absolute atomic E-state index is 12.3. The zero-order chi connectivity index (χ0) is 19.3. The third-order valence-electron chi connectivity index (χ3n) is 3.32. The summed E-state index contributed by atoms with van der Waals surface area (Å²) in [4.78, 5) is 13.7. The molecule has 0 radical (unpaired) electrons. The summed E-state index contributed by atoms with van der Waals surface area (Å²) in [6.07, 6.45) is 0.0663. The number of thioether (sulfide) groups is 1. The van der Waals surface area contributed by atoms with Crippen molar-refractivity contribution in [3.05, 3.63) is 35.9 Å². The highest BCUT2D eigenvalue weighted by atomic mass is 35.5. The van der Waals surface area contributed by atoms with Crippen molar-refractivity contribution in [2.24, 2.45) is 0 Å². The minimum absolute atomic E-state index is 0.0436. The highest BCUT2D eigenvalue weighted by molar-refractivity contribution is 7.99. The number of halogens is 4. The molecule has 0 spiro atoms. The number of amides is 1. The summed E-state index contributed by atoms with van der Waals surface area (Å²) >= 11 is 6.79. The van der Waals surface area contributed by atoms with Gasteiger partial charge in [-0.05, 0) is 13.0 Å². The van der Waals surface area contributed by atoms with Crippen molar-refractivity contribution in [2.75, 3.05) is 23.0 Å². The number of anilines is 1. The minimum Gasteiger partial charge on any atom is -0.308 e. The largest absolute Gasteiger partial charge is 0.397 e. The first-order chi connectivity index (χ1) is 12.2. The average molecular weight is 410 g/mol. The van der Waals surface area contributed by atoms with Gasteiger partial charge in [-0.3, -0.25) is 10.0 Å². The average Bonchev–Trinajstić information content (AvgIpc) is 2.93. The van der Waals surface area contributed by atoms with Crippen LogP contribution in [0.3, 0.4) is 0 Å². The highest BCUT2D eigenvalue weighted by Crippen LogP contribution is 2.27. The molecule has 2 aromatic heterocycles. The fraction of sp³-hybridized carbons (Fsp3) is 0.400. The Labute approximate surface area is 157 Å². The van der Waals surface area contributed by atoms with Gasteiger partial charge < -0.3 is 4.90 Å². The zero-order valence-electron chi connectivity index (χ0n) is 13.8. The van der Waals surface area contributed by atoms with E-state index in [0.717, 1.165) is 4.73 Å². The quantitative estimate of drug-likeness (QED) is 0.433. The smallest absolute Gasteiger partial charge is 0.308 e. The lowest BCUT2D eigenvalue weighted by Crippen LogP contribution is -2.31. The van der Waals surface area contributed by atoms with Crippen LogP contribution in [0.15, 0.2) is 30.7 Å². The Morgan fingerprint density at radius 2 is 2.23 bits per heavy atom. The molecule has 0 unspecified atom stereocenters. The van der Waals surface area contributed by atoms with Crippen LogP contribution in [-0.2, 0) is 4.79 Å². The van der Waals surface area contributed by atoms with Crippen LogP contribution in [0.4, 0.5) is 18.9 Å². The molecule has 1 amide bonds. The summed E-state index contributed by atoms with van der Waals surface area (Å²) in [5, 5.41) is 13.7. The van der Waals surface area contributed by atoms with Gasteiger partial charge in [0.25, 0.3) is 0 Å². The predicted molar refractivity (Wildman–Crippen MR) is 92.0 cm³/mol. The second kappa shape index (κ2) is 8.63. The van der Waals surface area contributed by atoms with Crippen LogP contribution in [0.2, 0.25) is 5.15 Å². The third-order valence-corrected chi connectivity index (χ3v) is 4.61. The van der Waals surface area contributed by atoms with Crippen LogP contribution >= 0.6 is 23.4 Å². The molecule has 2 rings (SSSR count). The molecule has 2 heterocycles. The first-order valence-corrected chi connectivity index (χ1v) is 9.15. The summed E-state index contributed by atoms with van der Waals surface area (Å²) in [7, 11) is 0. The minimum atomic E-state index is -4.25. The standard InChI is InChI=1S/C15H17ClF3N4O2S/c1-2-22(13(24)5-7-26-10-15(17,18)19)12-9-23(20-14(12)16)11-4-3-6-21(25)8-11/h3-4,6,8-9,25H,2,5,7,10H2,1H3/q+1. The monoisotopic (exact) mass is 409 g/mol. The van der Waals surface area contributed by atoms with Gasteiger partial charge in [0.15, 0.2) is 5.15 Å². The number of rotatable bonds is 7. The molecule has 0 fully saturated rings. The Balaban J connectivity index is 2.08. The first kappa shape index (κ1) is 20.4. The Kier molecular flexibility index (Phi) is 6.76. The molecule has 0 saturated carbocycles. The van der Waals surface area contributed by atoms with Gasteiger partial charge in [-0.15, -0.1) is 0 Å². The number of carbonyl (C=O) groups excluding carboxylic acids is 1. The van der Waals surface area contributed by atoms with Crippen molar-refractivity contribution in [3.63, 3.8) is 0 Å². The molecule has 0 atom stereocenters. The van der Waals surface area contributed by atoms with Gasteiger partial charge in [0, 0.05) is 29.5 Å². The molecule has 142 valence electrons. The molecule has 0 bridgehead atoms. The third kappa shape index (κ3) is 5.53. The molecular formula is C15H17ClF3N4O2S+. The summed E-state index contributed by atoms with van der Waals surface area (Å²) in [5.74, 6) is -1.27. The van der Waals surface area contributed by atoms with Gasteiger partial charge in [-0.1, -0.05) is 11.6 Å². The Morgan fingerprint density at radius 1 is 1.50 bits per heavy atom. The Morgan fingerprint density at radius 3 is 2.85 bits per heavy atom. The van der Waals surface area contributed by atoms with Crippen molar-refractivity contribution >= 4 is 35.0 Å². The van der Waals surface area contributed by atoms with Crippen LogP contribution in [0, 0.1) is 0 Å². The van der Waals surface area contributed by atoms with Crippen LogP contribution in [0.25, 0.3) is 5.69 Å². The lowest BCUT2D eigenvalue weighted by Gasteiger charge is -2.19. The molecule has 11 heteroatoms. The van der Waals surface area contributed by atoms with E-state index in [4.69, 9.17) is 11.6 Å². The molecule has 2 aromatic rings. The van der Waals surface area contributed by atoms with Crippen molar-refractivity contribution in [2.45, 2.75) is 19.5 Å². The SMILES string of the molecule is CCN(C(=O)CCSCC(F)(F)F)c1cn(-c2ccc[n+](O)c2)nc1Cl. The van der Waals surface area contributed by atoms with E-state index in [-0.39, 0.29) is 23.2 Å². The van der Waals surface area contributed by atoms with Gasteiger partial charge in [-0.25, -0.2) is 4.68 Å². The molecule has 0 aliphatic heterocycles. The maximum Gasteiger partial charge on any atom is 0.397 e. The van der Waals surface area contributed by atoms with Crippen molar-refractivity contribution in [1.82, 2.24) is 9.78 Å². The number of hydrogen-bond donors (Lipinski definition) is 1. The van der Waals surface area contributed by atoms with Gasteiger partial charge in [0.1, 0.15) is 11.4 Å². The van der Waals surface area contributed by atoms with E-state index in [0.29, 0.717) is 29.7 Å². The molecule has 0 aliphatic carbocycles. The summed E-state index contributed by atoms with van der Waals surface area (Å²) < 4.78 is 38.7. The van der Waals surface area contributed by atoms with E-state index >= 15 is 0 Å². The normalized spacial score (nSPS) is 11.6. The van der Waals surface area contributed by atoms with Crippen molar-refractivity contribution in [3.8, 4) is 5.69 Å². The molecule has 1 N–H and O–H groups in total. The van der Waals surface area contributed by atoms with Crippen LogP contribution < -0.4 is 9.63 Å². The van der Waals surface area contributed by atoms with E-state index in [1.807, 2.05) is 0 Å². The van der Waals surface area contributed by atoms with Gasteiger partial charge in [0.2, 0.25) is 18.3 Å². The lowest BCUT2D eigenvalue weighted by atomic mass is 10.3. The first-order valence-electron chi connectivity index (χ1n) is 7.62.